The number of rotatable bonds is 4. The van der Waals surface area contributed by atoms with E-state index in [0.29, 0.717) is 21.7 Å². The van der Waals surface area contributed by atoms with Gasteiger partial charge in [0.25, 0.3) is 5.91 Å². The quantitative estimate of drug-likeness (QED) is 0.550. The number of aryl methyl sites for hydroxylation is 1. The highest BCUT2D eigenvalue weighted by Gasteiger charge is 2.31. The molecular formula is C24H21Cl2N5O3. The summed E-state index contributed by atoms with van der Waals surface area (Å²) < 4.78 is 5.75. The van der Waals surface area contributed by atoms with Gasteiger partial charge >= 0.3 is 0 Å². The molecule has 2 aromatic carbocycles. The van der Waals surface area contributed by atoms with E-state index in [1.807, 2.05) is 6.07 Å². The zero-order valence-corrected chi connectivity index (χ0v) is 19.8. The second-order valence-electron chi connectivity index (χ2n) is 8.24. The van der Waals surface area contributed by atoms with Gasteiger partial charge in [-0.15, -0.1) is 0 Å². The van der Waals surface area contributed by atoms with E-state index in [1.54, 1.807) is 25.1 Å². The van der Waals surface area contributed by atoms with Crippen molar-refractivity contribution in [1.29, 1.82) is 0 Å². The molecule has 2 amide bonds. The minimum absolute atomic E-state index is 0.00456. The second kappa shape index (κ2) is 9.12. The molecule has 1 atom stereocenters. The van der Waals surface area contributed by atoms with Gasteiger partial charge in [-0.3, -0.25) is 14.5 Å². The molecule has 2 aliphatic rings. The van der Waals surface area contributed by atoms with Gasteiger partial charge < -0.3 is 15.4 Å². The first-order valence-electron chi connectivity index (χ1n) is 10.8. The second-order valence-corrected chi connectivity index (χ2v) is 9.05. The average Bonchev–Trinajstić information content (AvgIpc) is 2.80. The number of amides is 2. The number of aromatic nitrogens is 2. The molecule has 0 radical (unpaired) electrons. The van der Waals surface area contributed by atoms with Crippen LogP contribution in [0.15, 0.2) is 42.6 Å². The molecule has 34 heavy (non-hydrogen) atoms. The molecular weight excluding hydrogens is 477 g/mol. The van der Waals surface area contributed by atoms with Gasteiger partial charge in [-0.25, -0.2) is 4.98 Å². The topological polar surface area (TPSA) is 96.4 Å². The summed E-state index contributed by atoms with van der Waals surface area (Å²) in [6, 6.07) is 11.3. The first-order chi connectivity index (χ1) is 16.4. The number of carbonyl (C=O) groups excluding carboxylic acids is 2. The lowest BCUT2D eigenvalue weighted by Crippen LogP contribution is -2.39. The molecule has 1 aliphatic heterocycles. The lowest BCUT2D eigenvalue weighted by Gasteiger charge is -2.29. The summed E-state index contributed by atoms with van der Waals surface area (Å²) in [5.74, 6) is 0.168. The summed E-state index contributed by atoms with van der Waals surface area (Å²) in [7, 11) is 0. The van der Waals surface area contributed by atoms with Crippen molar-refractivity contribution in [3.05, 3.63) is 69.3 Å². The highest BCUT2D eigenvalue weighted by Crippen LogP contribution is 2.37. The fraction of sp³-hybridized carbons (Fsp3) is 0.250. The van der Waals surface area contributed by atoms with E-state index in [0.717, 1.165) is 24.9 Å². The fourth-order valence-electron chi connectivity index (χ4n) is 4.30. The van der Waals surface area contributed by atoms with Crippen LogP contribution in [0.4, 0.5) is 17.3 Å². The lowest BCUT2D eigenvalue weighted by molar-refractivity contribution is -0.119. The minimum atomic E-state index is -0.342. The molecule has 174 valence electrons. The van der Waals surface area contributed by atoms with Crippen LogP contribution in [0.3, 0.4) is 0 Å². The van der Waals surface area contributed by atoms with Gasteiger partial charge in [0.15, 0.2) is 6.73 Å². The molecule has 0 spiro atoms. The van der Waals surface area contributed by atoms with E-state index in [4.69, 9.17) is 27.9 Å². The maximum Gasteiger partial charge on any atom is 0.268 e. The third-order valence-corrected chi connectivity index (χ3v) is 6.48. The Bertz CT molecular complexity index is 1280. The molecule has 0 bridgehead atoms. The van der Waals surface area contributed by atoms with Crippen LogP contribution in [0.25, 0.3) is 0 Å². The number of anilines is 3. The normalized spacial score (nSPS) is 16.9. The van der Waals surface area contributed by atoms with Crippen molar-refractivity contribution in [2.24, 2.45) is 0 Å². The maximum atomic E-state index is 13.0. The van der Waals surface area contributed by atoms with Gasteiger partial charge in [0.05, 0.1) is 15.7 Å². The molecule has 0 saturated carbocycles. The van der Waals surface area contributed by atoms with Crippen LogP contribution in [0, 0.1) is 0 Å². The Morgan fingerprint density at radius 3 is 2.74 bits per heavy atom. The van der Waals surface area contributed by atoms with E-state index in [9.17, 15) is 9.59 Å². The molecule has 10 heteroatoms. The third-order valence-electron chi connectivity index (χ3n) is 5.87. The molecule has 5 rings (SSSR count). The number of fused-ring (bicyclic) bond motifs is 2. The van der Waals surface area contributed by atoms with Crippen molar-refractivity contribution in [2.45, 2.75) is 32.2 Å². The fourth-order valence-corrected chi connectivity index (χ4v) is 4.90. The highest BCUT2D eigenvalue weighted by atomic mass is 35.5. The number of halogens is 2. The predicted octanol–water partition coefficient (Wildman–Crippen LogP) is 4.52. The van der Waals surface area contributed by atoms with Gasteiger partial charge in [0, 0.05) is 24.8 Å². The number of benzene rings is 2. The first-order valence-corrected chi connectivity index (χ1v) is 11.6. The van der Waals surface area contributed by atoms with Gasteiger partial charge in [-0.2, -0.15) is 4.98 Å². The van der Waals surface area contributed by atoms with Gasteiger partial charge in [-0.05, 0) is 54.7 Å². The number of ether oxygens (including phenoxy) is 1. The summed E-state index contributed by atoms with van der Waals surface area (Å²) in [5.41, 5.74) is 3.89. The summed E-state index contributed by atoms with van der Waals surface area (Å²) >= 11 is 12.5. The lowest BCUT2D eigenvalue weighted by atomic mass is 9.88. The molecule has 1 aliphatic carbocycles. The minimum Gasteiger partial charge on any atom is -0.455 e. The Kier molecular flexibility index (Phi) is 6.02. The molecule has 0 saturated heterocycles. The van der Waals surface area contributed by atoms with Crippen molar-refractivity contribution in [2.75, 3.05) is 16.9 Å². The van der Waals surface area contributed by atoms with Gasteiger partial charge in [-0.1, -0.05) is 35.3 Å². The number of hydrogen-bond donors (Lipinski definition) is 2. The summed E-state index contributed by atoms with van der Waals surface area (Å²) in [6.45, 7) is 1.47. The Balaban J connectivity index is 1.33. The molecule has 2 heterocycles. The standard InChI is InChI=1S/C24H21Cl2N5O3/c1-13(32)28-16-7-5-15-10-17(8-6-14(15)9-16)29-24-27-11-18-22(30-24)34-12-31(23(18)33)21-19(25)3-2-4-20(21)26/h2-4,6,8,10-11,16H,5,7,9,12H2,1H3,(H,28,32)(H,27,29,30). The molecule has 1 aromatic heterocycles. The predicted molar refractivity (Wildman–Crippen MR) is 130 cm³/mol. The highest BCUT2D eigenvalue weighted by molar-refractivity contribution is 6.40. The number of nitrogens with zero attached hydrogens (tertiary/aromatic N) is 3. The van der Waals surface area contributed by atoms with Crippen molar-refractivity contribution in [3.8, 4) is 5.88 Å². The van der Waals surface area contributed by atoms with Gasteiger partial charge in [0.2, 0.25) is 17.7 Å². The molecule has 2 N–H and O–H groups in total. The number of carbonyl (C=O) groups is 2. The molecule has 0 fully saturated rings. The number of para-hydroxylation sites is 1. The van der Waals surface area contributed by atoms with Crippen molar-refractivity contribution >= 4 is 52.3 Å². The van der Waals surface area contributed by atoms with Crippen LogP contribution in [0.2, 0.25) is 10.0 Å². The van der Waals surface area contributed by atoms with E-state index < -0.39 is 0 Å². The molecule has 8 nitrogen and oxygen atoms in total. The van der Waals surface area contributed by atoms with Crippen LogP contribution in [-0.2, 0) is 17.6 Å². The summed E-state index contributed by atoms with van der Waals surface area (Å²) in [6.07, 6.45) is 4.01. The van der Waals surface area contributed by atoms with Crippen LogP contribution < -0.4 is 20.3 Å². The Morgan fingerprint density at radius 1 is 1.18 bits per heavy atom. The molecule has 1 unspecified atom stereocenters. The molecule has 3 aromatic rings. The number of nitrogens with one attached hydrogen (secondary N) is 2. The first kappa shape index (κ1) is 22.4. The zero-order chi connectivity index (χ0) is 23.8. The average molecular weight is 498 g/mol. The van der Waals surface area contributed by atoms with Gasteiger partial charge in [0.1, 0.15) is 5.56 Å². The summed E-state index contributed by atoms with van der Waals surface area (Å²) in [5, 5.41) is 6.88. The Labute approximate surface area is 206 Å². The monoisotopic (exact) mass is 497 g/mol. The maximum absolute atomic E-state index is 13.0. The van der Waals surface area contributed by atoms with Crippen molar-refractivity contribution in [1.82, 2.24) is 15.3 Å². The Hall–Kier alpha value is -3.36. The smallest absolute Gasteiger partial charge is 0.268 e. The third kappa shape index (κ3) is 4.38. The summed E-state index contributed by atoms with van der Waals surface area (Å²) in [4.78, 5) is 34.4. The van der Waals surface area contributed by atoms with Crippen LogP contribution in [0.1, 0.15) is 34.8 Å². The van der Waals surface area contributed by atoms with Crippen LogP contribution in [-0.4, -0.2) is 34.6 Å². The number of hydrogen-bond acceptors (Lipinski definition) is 6. The van der Waals surface area contributed by atoms with Crippen molar-refractivity contribution in [3.63, 3.8) is 0 Å². The van der Waals surface area contributed by atoms with E-state index in [2.05, 4.69) is 32.7 Å². The zero-order valence-electron chi connectivity index (χ0n) is 18.3. The van der Waals surface area contributed by atoms with Crippen molar-refractivity contribution < 1.29 is 14.3 Å². The van der Waals surface area contributed by atoms with E-state index in [1.165, 1.54) is 22.2 Å². The van der Waals surface area contributed by atoms with Crippen LogP contribution in [0.5, 0.6) is 5.88 Å². The SMILES string of the molecule is CC(=O)NC1CCc2cc(Nc3ncc4c(n3)OCN(c3c(Cl)cccc3Cl)C4=O)ccc2C1. The largest absolute Gasteiger partial charge is 0.455 e. The van der Waals surface area contributed by atoms with Crippen LogP contribution >= 0.6 is 23.2 Å². The van der Waals surface area contributed by atoms with E-state index >= 15 is 0 Å². The van der Waals surface area contributed by atoms with E-state index in [-0.39, 0.29) is 36.0 Å². The Morgan fingerprint density at radius 2 is 1.97 bits per heavy atom.